The van der Waals surface area contributed by atoms with E-state index in [4.69, 9.17) is 14.2 Å². The summed E-state index contributed by atoms with van der Waals surface area (Å²) in [7, 11) is 4.65. The van der Waals surface area contributed by atoms with Gasteiger partial charge in [0, 0.05) is 51.8 Å². The fraction of sp³-hybridized carbons (Fsp3) is 0.508. The summed E-state index contributed by atoms with van der Waals surface area (Å²) < 4.78 is 17.2. The van der Waals surface area contributed by atoms with Crippen LogP contribution in [0.1, 0.15) is 122 Å². The lowest BCUT2D eigenvalue weighted by atomic mass is 9.92. The van der Waals surface area contributed by atoms with Crippen LogP contribution in [0.25, 0.3) is 11.1 Å². The third-order valence-corrected chi connectivity index (χ3v) is 16.6. The van der Waals surface area contributed by atoms with Gasteiger partial charge in [0.2, 0.25) is 35.4 Å². The number of hydrogen-bond acceptors (Lipinski definition) is 12. The summed E-state index contributed by atoms with van der Waals surface area (Å²) in [5, 5.41) is 24.5. The highest BCUT2D eigenvalue weighted by Gasteiger charge is 2.41. The number of carbonyl (C=O) groups excluding carboxylic acids is 8. The van der Waals surface area contributed by atoms with E-state index < -0.39 is 66.2 Å². The number of anilines is 1. The van der Waals surface area contributed by atoms with Crippen LogP contribution in [0.2, 0.25) is 0 Å². The fourth-order valence-electron chi connectivity index (χ4n) is 11.5. The van der Waals surface area contributed by atoms with Gasteiger partial charge in [0.25, 0.3) is 0 Å². The van der Waals surface area contributed by atoms with Gasteiger partial charge in [-0.25, -0.2) is 9.59 Å². The Morgan fingerprint density at radius 1 is 0.706 bits per heavy atom. The Balaban J connectivity index is 0.922. The third-order valence-electron chi connectivity index (χ3n) is 16.6. The van der Waals surface area contributed by atoms with E-state index in [2.05, 4.69) is 26.6 Å². The van der Waals surface area contributed by atoms with Gasteiger partial charge in [0.05, 0.1) is 43.3 Å². The molecule has 1 fully saturated rings. The van der Waals surface area contributed by atoms with Crippen molar-refractivity contribution in [1.82, 2.24) is 36.0 Å². The topological polar surface area (TPSA) is 254 Å². The number of rotatable bonds is 28. The number of fused-ring (bicyclic) bond motifs is 3. The van der Waals surface area contributed by atoms with E-state index in [0.717, 1.165) is 35.1 Å². The maximum absolute atomic E-state index is 14.0. The highest BCUT2D eigenvalue weighted by molar-refractivity contribution is 5.96. The molecule has 20 nitrogen and oxygen atoms in total. The normalized spacial score (nSPS) is 16.5. The van der Waals surface area contributed by atoms with Crippen molar-refractivity contribution < 1.29 is 57.7 Å². The molecule has 0 saturated carbocycles. The molecule has 6 N–H and O–H groups in total. The largest absolute Gasteiger partial charge is 0.449 e. The second-order valence-electron chi connectivity index (χ2n) is 23.2. The van der Waals surface area contributed by atoms with Gasteiger partial charge in [0.1, 0.15) is 25.3 Å². The molecule has 460 valence electrons. The predicted octanol–water partition coefficient (Wildman–Crippen LogP) is 7.55. The minimum absolute atomic E-state index is 0.00815. The van der Waals surface area contributed by atoms with Gasteiger partial charge in [-0.2, -0.15) is 0 Å². The van der Waals surface area contributed by atoms with E-state index in [1.807, 2.05) is 80.6 Å². The highest BCUT2D eigenvalue weighted by Crippen LogP contribution is 2.44. The van der Waals surface area contributed by atoms with Gasteiger partial charge < -0.3 is 55.7 Å². The number of nitrogens with zero attached hydrogens (tertiary/aromatic N) is 3. The second kappa shape index (κ2) is 31.3. The molecular weight excluding hydrogens is 1080 g/mol. The molecule has 2 aliphatic rings. The SMILES string of the molecule is CC[C@H](C)[C@@H](CCC(=O)N1CCC[C@H]1[C@H](OC)[C@@H](C)C(=O)N[C@H](C)[C@@H](O)c1ccccc1)N(C)C(=O)CNC(=O)C(C(C)C)N(C)C(=O)OCc1ccc(NC(=O)CNC(=O)C(NC(=O)OCC2c3ccccc3-c3ccccc32)C(C)C)cc1. The molecule has 1 saturated heterocycles. The Morgan fingerprint density at radius 3 is 1.92 bits per heavy atom. The zero-order chi connectivity index (χ0) is 62.1. The molecule has 1 aliphatic carbocycles. The van der Waals surface area contributed by atoms with Gasteiger partial charge >= 0.3 is 12.2 Å². The molecule has 2 unspecified atom stereocenters. The first kappa shape index (κ1) is 66.3. The molecule has 1 heterocycles. The average molecular weight is 1170 g/mol. The summed E-state index contributed by atoms with van der Waals surface area (Å²) in [6, 6.07) is 28.4. The van der Waals surface area contributed by atoms with Crippen molar-refractivity contribution in [2.75, 3.05) is 52.8 Å². The molecule has 6 rings (SSSR count). The standard InChI is InChI=1S/C65H88N8O12/c1-12-41(6)52(32-33-55(75)73-34-20-27-53(73)60(83-11)42(7)61(78)68-43(8)59(77)45-21-14-13-15-22-45)71(9)56(76)36-67-63(80)58(40(4)5)72(10)65(82)85-37-44-28-30-46(31-29-44)69-54(74)35-66-62(79)57(39(2)3)70-64(81)84-38-51-49-25-18-16-23-47(49)48-24-17-19-26-50(48)51/h13-19,21-26,28-31,39-43,51-53,57-60,77H,12,20,27,32-38H2,1-11H3,(H,66,79)(H,67,80)(H,68,78)(H,69,74)(H,70,81)/t41-,42+,43+,52+,53-,57?,58?,59+,60+/m0/s1. The molecule has 0 bridgehead atoms. The van der Waals surface area contributed by atoms with Crippen LogP contribution in [-0.2, 0) is 49.6 Å². The summed E-state index contributed by atoms with van der Waals surface area (Å²) >= 11 is 0. The van der Waals surface area contributed by atoms with Crippen LogP contribution in [0, 0.1) is 23.7 Å². The molecule has 4 aromatic rings. The number of benzene rings is 4. The van der Waals surface area contributed by atoms with E-state index in [-0.39, 0.29) is 86.2 Å². The number of amides is 8. The van der Waals surface area contributed by atoms with Gasteiger partial charge in [0.15, 0.2) is 0 Å². The average Bonchev–Trinajstić information content (AvgIpc) is 2.15. The Morgan fingerprint density at radius 2 is 1.32 bits per heavy atom. The Hall–Kier alpha value is -7.84. The first-order valence-electron chi connectivity index (χ1n) is 29.6. The lowest BCUT2D eigenvalue weighted by Crippen LogP contribution is -2.53. The molecular formula is C65H88N8O12. The number of hydrogen-bond donors (Lipinski definition) is 6. The third kappa shape index (κ3) is 17.4. The smallest absolute Gasteiger partial charge is 0.410 e. The zero-order valence-corrected chi connectivity index (χ0v) is 51.1. The first-order chi connectivity index (χ1) is 40.6. The molecule has 0 radical (unpaired) electrons. The number of carbonyl (C=O) groups is 8. The van der Waals surface area contributed by atoms with E-state index >= 15 is 0 Å². The van der Waals surface area contributed by atoms with Crippen LogP contribution in [-0.4, -0.2) is 151 Å². The number of methoxy groups -OCH3 is 1. The maximum Gasteiger partial charge on any atom is 0.410 e. The van der Waals surface area contributed by atoms with Gasteiger partial charge in [-0.15, -0.1) is 0 Å². The Labute approximate surface area is 500 Å². The highest BCUT2D eigenvalue weighted by atomic mass is 16.6. The van der Waals surface area contributed by atoms with Crippen molar-refractivity contribution >= 4 is 53.3 Å². The number of ether oxygens (including phenoxy) is 3. The summed E-state index contributed by atoms with van der Waals surface area (Å²) in [5.41, 5.74) is 6.00. The van der Waals surface area contributed by atoms with Gasteiger partial charge in [-0.3, -0.25) is 33.7 Å². The molecule has 0 aromatic heterocycles. The van der Waals surface area contributed by atoms with Crippen LogP contribution in [0.15, 0.2) is 103 Å². The van der Waals surface area contributed by atoms with E-state index in [0.29, 0.717) is 36.2 Å². The number of aliphatic hydroxyl groups is 1. The van der Waals surface area contributed by atoms with E-state index in [9.17, 15) is 43.5 Å². The van der Waals surface area contributed by atoms with Crippen molar-refractivity contribution in [2.24, 2.45) is 23.7 Å². The summed E-state index contributed by atoms with van der Waals surface area (Å²) in [5.74, 6) is -3.85. The summed E-state index contributed by atoms with van der Waals surface area (Å²) in [6.07, 6.45) is -0.395. The lowest BCUT2D eigenvalue weighted by molar-refractivity contribution is -0.141. The molecule has 0 spiro atoms. The van der Waals surface area contributed by atoms with Crippen LogP contribution < -0.4 is 26.6 Å². The number of likely N-dealkylation sites (tertiary alicyclic amines) is 1. The monoisotopic (exact) mass is 1170 g/mol. The van der Waals surface area contributed by atoms with Crippen molar-refractivity contribution in [1.29, 1.82) is 0 Å². The quantitative estimate of drug-likeness (QED) is 0.0323. The molecule has 4 aromatic carbocycles. The lowest BCUT2D eigenvalue weighted by Gasteiger charge is -2.36. The molecule has 9 atom stereocenters. The second-order valence-corrected chi connectivity index (χ2v) is 23.2. The number of nitrogens with one attached hydrogen (secondary N) is 5. The van der Waals surface area contributed by atoms with Gasteiger partial charge in [-0.1, -0.05) is 146 Å². The van der Waals surface area contributed by atoms with Crippen molar-refractivity contribution in [3.63, 3.8) is 0 Å². The summed E-state index contributed by atoms with van der Waals surface area (Å²) in [4.78, 5) is 112. The van der Waals surface area contributed by atoms with Crippen molar-refractivity contribution in [3.05, 3.63) is 125 Å². The zero-order valence-electron chi connectivity index (χ0n) is 51.1. The van der Waals surface area contributed by atoms with Crippen LogP contribution >= 0.6 is 0 Å². The first-order valence-corrected chi connectivity index (χ1v) is 29.6. The summed E-state index contributed by atoms with van der Waals surface area (Å²) in [6.45, 7) is 14.3. The van der Waals surface area contributed by atoms with Crippen LogP contribution in [0.4, 0.5) is 15.3 Å². The number of aliphatic hydroxyl groups excluding tert-OH is 1. The van der Waals surface area contributed by atoms with Gasteiger partial charge in [-0.05, 0) is 89.5 Å². The van der Waals surface area contributed by atoms with Crippen molar-refractivity contribution in [3.8, 4) is 11.1 Å². The molecule has 85 heavy (non-hydrogen) atoms. The Kier molecular flexibility index (Phi) is 24.4. The predicted molar refractivity (Wildman–Crippen MR) is 323 cm³/mol. The van der Waals surface area contributed by atoms with Crippen LogP contribution in [0.5, 0.6) is 0 Å². The molecule has 1 aliphatic heterocycles. The number of likely N-dealkylation sites (N-methyl/N-ethyl adjacent to an activating group) is 2. The molecule has 8 amide bonds. The van der Waals surface area contributed by atoms with Crippen LogP contribution in [0.3, 0.4) is 0 Å². The number of alkyl carbamates (subject to hydrolysis) is 1. The van der Waals surface area contributed by atoms with Crippen molar-refractivity contribution in [2.45, 2.75) is 142 Å². The van der Waals surface area contributed by atoms with E-state index in [1.165, 1.54) is 19.1 Å². The fourth-order valence-corrected chi connectivity index (χ4v) is 11.5. The Bertz CT molecular complexity index is 2880. The minimum Gasteiger partial charge on any atom is -0.449 e. The molecule has 20 heteroatoms. The maximum atomic E-state index is 14.0. The minimum atomic E-state index is -0.992. The van der Waals surface area contributed by atoms with E-state index in [1.54, 1.807) is 94.8 Å².